The molecule has 1 atom stereocenters. The second-order valence-corrected chi connectivity index (χ2v) is 5.87. The largest absolute Gasteiger partial charge is 0.476 e. The highest BCUT2D eigenvalue weighted by molar-refractivity contribution is 5.93. The zero-order chi connectivity index (χ0) is 17.0. The van der Waals surface area contributed by atoms with Crippen LogP contribution in [0.1, 0.15) is 47.3 Å². The van der Waals surface area contributed by atoms with Crippen LogP contribution < -0.4 is 5.32 Å². The second kappa shape index (κ2) is 6.56. The van der Waals surface area contributed by atoms with Gasteiger partial charge in [0.2, 0.25) is 0 Å². The zero-order valence-electron chi connectivity index (χ0n) is 13.3. The number of nitrogens with one attached hydrogen (secondary N) is 1. The molecule has 1 heterocycles. The molecule has 0 spiro atoms. The smallest absolute Gasteiger partial charge is 0.356 e. The summed E-state index contributed by atoms with van der Waals surface area (Å²) >= 11 is 0. The number of aromatic nitrogens is 2. The minimum atomic E-state index is -1.18. The number of amides is 1. The lowest BCUT2D eigenvalue weighted by atomic mass is 9.78. The summed E-state index contributed by atoms with van der Waals surface area (Å²) in [6.45, 7) is 6.02. The highest BCUT2D eigenvalue weighted by atomic mass is 16.4. The molecule has 2 aromatic rings. The van der Waals surface area contributed by atoms with E-state index < -0.39 is 5.97 Å². The molecule has 6 heteroatoms. The summed E-state index contributed by atoms with van der Waals surface area (Å²) in [5.41, 5.74) is 0.732. The number of carbonyl (C=O) groups is 2. The topological polar surface area (TPSA) is 92.2 Å². The molecule has 2 rings (SSSR count). The van der Waals surface area contributed by atoms with Gasteiger partial charge in [0.15, 0.2) is 5.69 Å². The van der Waals surface area contributed by atoms with Crippen molar-refractivity contribution in [3.63, 3.8) is 0 Å². The average Bonchev–Trinajstić information content (AvgIpc) is 2.55. The summed E-state index contributed by atoms with van der Waals surface area (Å²) in [4.78, 5) is 30.6. The van der Waals surface area contributed by atoms with E-state index in [4.69, 9.17) is 5.11 Å². The number of aromatic carboxylic acids is 1. The molecule has 0 bridgehead atoms. The number of hydrogen-bond acceptors (Lipinski definition) is 4. The van der Waals surface area contributed by atoms with Crippen molar-refractivity contribution in [3.05, 3.63) is 59.7 Å². The van der Waals surface area contributed by atoms with Crippen LogP contribution in [-0.4, -0.2) is 33.0 Å². The first kappa shape index (κ1) is 16.6. The van der Waals surface area contributed by atoms with E-state index in [0.29, 0.717) is 0 Å². The molecule has 1 aromatic carbocycles. The Morgan fingerprint density at radius 3 is 2.17 bits per heavy atom. The van der Waals surface area contributed by atoms with Gasteiger partial charge in [0, 0.05) is 11.5 Å². The average molecular weight is 313 g/mol. The van der Waals surface area contributed by atoms with Crippen LogP contribution in [0.4, 0.5) is 0 Å². The Kier molecular flexibility index (Phi) is 4.74. The molecule has 0 aliphatic rings. The lowest BCUT2D eigenvalue weighted by Crippen LogP contribution is -2.45. The van der Waals surface area contributed by atoms with Gasteiger partial charge < -0.3 is 10.4 Å². The molecule has 120 valence electrons. The van der Waals surface area contributed by atoms with Gasteiger partial charge in [0.1, 0.15) is 5.69 Å². The Bertz CT molecular complexity index is 697. The van der Waals surface area contributed by atoms with Crippen LogP contribution in [0.3, 0.4) is 0 Å². The maximum absolute atomic E-state index is 12.3. The molecule has 0 saturated heterocycles. The molecule has 0 fully saturated rings. The van der Waals surface area contributed by atoms with E-state index in [2.05, 4.69) is 15.3 Å². The van der Waals surface area contributed by atoms with E-state index >= 15 is 0 Å². The Hall–Kier alpha value is -2.76. The fraction of sp³-hybridized carbons (Fsp3) is 0.294. The highest BCUT2D eigenvalue weighted by Gasteiger charge is 2.29. The van der Waals surface area contributed by atoms with Gasteiger partial charge in [0.25, 0.3) is 5.91 Å². The van der Waals surface area contributed by atoms with Gasteiger partial charge in [-0.1, -0.05) is 44.2 Å². The molecule has 1 unspecified atom stereocenters. The summed E-state index contributed by atoms with van der Waals surface area (Å²) in [5.74, 6) is -1.56. The van der Waals surface area contributed by atoms with Gasteiger partial charge in [-0.25, -0.2) is 14.8 Å². The lowest BCUT2D eigenvalue weighted by molar-refractivity contribution is 0.0688. The number of carbonyl (C=O) groups excluding carboxylic acids is 1. The normalized spacial score (nSPS) is 12.5. The molecule has 0 aliphatic carbocycles. The minimum absolute atomic E-state index is 0.0886. The quantitative estimate of drug-likeness (QED) is 0.883. The third kappa shape index (κ3) is 3.71. The van der Waals surface area contributed by atoms with Crippen molar-refractivity contribution in [2.45, 2.75) is 32.2 Å². The number of carboxylic acid groups (broad SMARTS) is 1. The highest BCUT2D eigenvalue weighted by Crippen LogP contribution is 2.26. The van der Waals surface area contributed by atoms with E-state index in [1.165, 1.54) is 6.20 Å². The Morgan fingerprint density at radius 1 is 1.09 bits per heavy atom. The maximum Gasteiger partial charge on any atom is 0.356 e. The van der Waals surface area contributed by atoms with Crippen molar-refractivity contribution in [1.29, 1.82) is 0 Å². The van der Waals surface area contributed by atoms with Crippen molar-refractivity contribution in [1.82, 2.24) is 15.3 Å². The van der Waals surface area contributed by atoms with Gasteiger partial charge in [-0.3, -0.25) is 4.79 Å². The molecule has 23 heavy (non-hydrogen) atoms. The standard InChI is InChI=1S/C17H19N3O3/c1-11(17(2,3)12-7-5-4-6-8-12)20-15(21)13-9-19-14(10-18-13)16(22)23/h4-11H,1-3H3,(H,20,21)(H,22,23). The Morgan fingerprint density at radius 2 is 1.65 bits per heavy atom. The summed E-state index contributed by atoms with van der Waals surface area (Å²) < 4.78 is 0. The van der Waals surface area contributed by atoms with Gasteiger partial charge in [0.05, 0.1) is 12.4 Å². The summed E-state index contributed by atoms with van der Waals surface area (Å²) in [7, 11) is 0. The van der Waals surface area contributed by atoms with Gasteiger partial charge in [-0.05, 0) is 12.5 Å². The van der Waals surface area contributed by atoms with Crippen LogP contribution in [0.25, 0.3) is 0 Å². The van der Waals surface area contributed by atoms with Crippen LogP contribution in [-0.2, 0) is 5.41 Å². The zero-order valence-corrected chi connectivity index (χ0v) is 13.3. The van der Waals surface area contributed by atoms with Crippen molar-refractivity contribution < 1.29 is 14.7 Å². The van der Waals surface area contributed by atoms with Crippen molar-refractivity contribution >= 4 is 11.9 Å². The van der Waals surface area contributed by atoms with Crippen LogP contribution in [0.15, 0.2) is 42.7 Å². The van der Waals surface area contributed by atoms with E-state index in [1.54, 1.807) is 0 Å². The second-order valence-electron chi connectivity index (χ2n) is 5.87. The van der Waals surface area contributed by atoms with Gasteiger partial charge >= 0.3 is 5.97 Å². The maximum atomic E-state index is 12.3. The van der Waals surface area contributed by atoms with Crippen LogP contribution >= 0.6 is 0 Å². The third-order valence-corrected chi connectivity index (χ3v) is 4.05. The molecule has 6 nitrogen and oxygen atoms in total. The molecule has 0 aliphatic heterocycles. The Labute approximate surface area is 134 Å². The summed E-state index contributed by atoms with van der Waals surface area (Å²) in [6, 6.07) is 9.75. The molecule has 0 radical (unpaired) electrons. The predicted molar refractivity (Wildman–Crippen MR) is 85.4 cm³/mol. The molecular weight excluding hydrogens is 294 g/mol. The molecule has 1 amide bonds. The fourth-order valence-electron chi connectivity index (χ4n) is 2.12. The fourth-order valence-corrected chi connectivity index (χ4v) is 2.12. The van der Waals surface area contributed by atoms with E-state index in [1.807, 2.05) is 51.1 Å². The number of hydrogen-bond donors (Lipinski definition) is 2. The van der Waals surface area contributed by atoms with Crippen LogP contribution in [0, 0.1) is 0 Å². The first-order chi connectivity index (χ1) is 10.8. The monoisotopic (exact) mass is 313 g/mol. The molecule has 2 N–H and O–H groups in total. The predicted octanol–water partition coefficient (Wildman–Crippen LogP) is 2.27. The summed E-state index contributed by atoms with van der Waals surface area (Å²) in [6.07, 6.45) is 2.24. The number of carboxylic acids is 1. The van der Waals surface area contributed by atoms with Gasteiger partial charge in [-0.15, -0.1) is 0 Å². The number of rotatable bonds is 5. The first-order valence-electron chi connectivity index (χ1n) is 7.24. The first-order valence-corrected chi connectivity index (χ1v) is 7.24. The van der Waals surface area contributed by atoms with E-state index in [-0.39, 0.29) is 28.8 Å². The van der Waals surface area contributed by atoms with Crippen molar-refractivity contribution in [2.24, 2.45) is 0 Å². The minimum Gasteiger partial charge on any atom is -0.476 e. The van der Waals surface area contributed by atoms with Crippen LogP contribution in [0.2, 0.25) is 0 Å². The van der Waals surface area contributed by atoms with Crippen molar-refractivity contribution in [3.8, 4) is 0 Å². The molecular formula is C17H19N3O3. The molecule has 1 aromatic heterocycles. The van der Waals surface area contributed by atoms with E-state index in [9.17, 15) is 9.59 Å². The summed E-state index contributed by atoms with van der Waals surface area (Å²) in [5, 5.41) is 11.7. The van der Waals surface area contributed by atoms with Crippen molar-refractivity contribution in [2.75, 3.05) is 0 Å². The SMILES string of the molecule is CC(NC(=O)c1cnc(C(=O)O)cn1)C(C)(C)c1ccccc1. The van der Waals surface area contributed by atoms with E-state index in [0.717, 1.165) is 11.8 Å². The Balaban J connectivity index is 2.11. The number of benzene rings is 1. The van der Waals surface area contributed by atoms with Gasteiger partial charge in [-0.2, -0.15) is 0 Å². The van der Waals surface area contributed by atoms with Crippen LogP contribution in [0.5, 0.6) is 0 Å². The molecule has 0 saturated carbocycles. The third-order valence-electron chi connectivity index (χ3n) is 4.05. The number of nitrogens with zero attached hydrogens (tertiary/aromatic N) is 2. The lowest BCUT2D eigenvalue weighted by Gasteiger charge is -2.33.